The van der Waals surface area contributed by atoms with Crippen molar-refractivity contribution in [1.82, 2.24) is 13.9 Å². The number of rotatable bonds is 7. The lowest BCUT2D eigenvalue weighted by atomic mass is 9.83. The summed E-state index contributed by atoms with van der Waals surface area (Å²) in [5.74, 6) is 0.559. The molecule has 9 heteroatoms. The predicted octanol–water partition coefficient (Wildman–Crippen LogP) is 2.33. The summed E-state index contributed by atoms with van der Waals surface area (Å²) < 4.78 is 39.5. The monoisotopic (exact) mass is 439 g/mol. The third-order valence-electron chi connectivity index (χ3n) is 6.18. The van der Waals surface area contributed by atoms with Crippen molar-refractivity contribution in [2.24, 2.45) is 0 Å². The van der Waals surface area contributed by atoms with Crippen molar-refractivity contribution >= 4 is 16.3 Å². The molecule has 0 spiro atoms. The number of amides is 1. The highest BCUT2D eigenvalue weighted by molar-refractivity contribution is 7.87. The number of benzene rings is 1. The number of ether oxygens (including phenoxy) is 2. The molecule has 0 unspecified atom stereocenters. The van der Waals surface area contributed by atoms with E-state index in [0.29, 0.717) is 18.9 Å². The van der Waals surface area contributed by atoms with Crippen molar-refractivity contribution < 1.29 is 22.7 Å². The van der Waals surface area contributed by atoms with Crippen LogP contribution in [-0.2, 0) is 19.7 Å². The maximum Gasteiger partial charge on any atom is 0.409 e. The molecule has 1 amide bonds. The molecule has 2 atom stereocenters. The zero-order valence-electron chi connectivity index (χ0n) is 18.0. The van der Waals surface area contributed by atoms with E-state index >= 15 is 0 Å². The third kappa shape index (κ3) is 5.51. The van der Waals surface area contributed by atoms with Gasteiger partial charge in [0.15, 0.2) is 0 Å². The van der Waals surface area contributed by atoms with E-state index in [1.54, 1.807) is 4.90 Å². The summed E-state index contributed by atoms with van der Waals surface area (Å²) in [4.78, 5) is 13.7. The van der Waals surface area contributed by atoms with Crippen LogP contribution in [0.1, 0.15) is 43.6 Å². The minimum absolute atomic E-state index is 0.121. The summed E-state index contributed by atoms with van der Waals surface area (Å²) in [6.07, 6.45) is 4.24. The highest BCUT2D eigenvalue weighted by Crippen LogP contribution is 2.34. The summed E-state index contributed by atoms with van der Waals surface area (Å²) in [5.41, 5.74) is 1.38. The lowest BCUT2D eigenvalue weighted by molar-refractivity contribution is -0.00540. The molecule has 1 saturated heterocycles. The molecule has 0 bridgehead atoms. The zero-order chi connectivity index (χ0) is 21.7. The van der Waals surface area contributed by atoms with Crippen LogP contribution < -0.4 is 4.72 Å². The molecule has 1 aromatic carbocycles. The van der Waals surface area contributed by atoms with Crippen molar-refractivity contribution in [3.05, 3.63) is 35.9 Å². The van der Waals surface area contributed by atoms with Crippen LogP contribution in [0.4, 0.5) is 4.79 Å². The molecule has 1 aromatic rings. The maximum absolute atomic E-state index is 12.3. The molecular formula is C21H33N3O5S. The first-order valence-corrected chi connectivity index (χ1v) is 12.0. The summed E-state index contributed by atoms with van der Waals surface area (Å²) >= 11 is 0. The van der Waals surface area contributed by atoms with E-state index in [-0.39, 0.29) is 18.8 Å². The number of nitrogens with one attached hydrogen (secondary N) is 1. The van der Waals surface area contributed by atoms with Crippen molar-refractivity contribution in [3.63, 3.8) is 0 Å². The van der Waals surface area contributed by atoms with Gasteiger partial charge in [-0.2, -0.15) is 17.4 Å². The molecule has 1 N–H and O–H groups in total. The fourth-order valence-corrected chi connectivity index (χ4v) is 5.23. The van der Waals surface area contributed by atoms with Gasteiger partial charge in [0.25, 0.3) is 10.2 Å². The highest BCUT2D eigenvalue weighted by atomic mass is 32.2. The Balaban J connectivity index is 1.58. The maximum atomic E-state index is 12.3. The molecule has 2 fully saturated rings. The van der Waals surface area contributed by atoms with Gasteiger partial charge in [-0.1, -0.05) is 30.3 Å². The van der Waals surface area contributed by atoms with E-state index in [4.69, 9.17) is 9.47 Å². The lowest BCUT2D eigenvalue weighted by Gasteiger charge is -2.32. The van der Waals surface area contributed by atoms with Crippen molar-refractivity contribution in [3.8, 4) is 0 Å². The van der Waals surface area contributed by atoms with Crippen LogP contribution in [0.15, 0.2) is 30.3 Å². The Morgan fingerprint density at radius 1 is 1.13 bits per heavy atom. The molecule has 8 nitrogen and oxygen atoms in total. The van der Waals surface area contributed by atoms with Crippen molar-refractivity contribution in [2.75, 3.05) is 34.4 Å². The second-order valence-electron chi connectivity index (χ2n) is 8.25. The van der Waals surface area contributed by atoms with Crippen LogP contribution in [0.25, 0.3) is 0 Å². The number of likely N-dealkylation sites (tertiary alicyclic amines) is 1. The first-order valence-electron chi connectivity index (χ1n) is 10.5. The van der Waals surface area contributed by atoms with Crippen LogP contribution in [0.5, 0.6) is 0 Å². The number of hydrogen-bond acceptors (Lipinski definition) is 5. The van der Waals surface area contributed by atoms with Crippen LogP contribution in [0, 0.1) is 0 Å². The molecule has 1 aliphatic carbocycles. The Bertz CT molecular complexity index is 794. The molecular weight excluding hydrogens is 406 g/mol. The second-order valence-corrected chi connectivity index (χ2v) is 10.2. The highest BCUT2D eigenvalue weighted by Gasteiger charge is 2.40. The average molecular weight is 440 g/mol. The number of nitrogens with zero attached hydrogens (tertiary/aromatic N) is 2. The van der Waals surface area contributed by atoms with E-state index in [1.165, 1.54) is 26.8 Å². The van der Waals surface area contributed by atoms with Gasteiger partial charge in [0.1, 0.15) is 0 Å². The number of hydrogen-bond donors (Lipinski definition) is 1. The first-order chi connectivity index (χ1) is 14.3. The van der Waals surface area contributed by atoms with Crippen molar-refractivity contribution in [2.45, 2.75) is 56.2 Å². The molecule has 0 aromatic heterocycles. The number of methoxy groups -OCH3 is 1. The third-order valence-corrected chi connectivity index (χ3v) is 7.75. The Morgan fingerprint density at radius 3 is 2.40 bits per heavy atom. The van der Waals surface area contributed by atoms with Crippen LogP contribution in [0.3, 0.4) is 0 Å². The molecule has 30 heavy (non-hydrogen) atoms. The molecule has 1 aliphatic heterocycles. The van der Waals surface area contributed by atoms with E-state index < -0.39 is 22.3 Å². The standard InChI is InChI=1S/C21H33N3O5S/c1-23(2)30(26,27)22-19-13-14-24(21(25)28-3)20(19)15-29-18-11-9-17(10-12-18)16-7-5-4-6-8-16/h4-8,17-20,22H,9-15H2,1-3H3/t17?,18?,19-,20-/m0/s1. The number of carbonyl (C=O) groups excluding carboxylic acids is 1. The van der Waals surface area contributed by atoms with Gasteiger partial charge < -0.3 is 14.4 Å². The van der Waals surface area contributed by atoms with Crippen LogP contribution in [0.2, 0.25) is 0 Å². The molecule has 3 rings (SSSR count). The van der Waals surface area contributed by atoms with Gasteiger partial charge in [-0.3, -0.25) is 0 Å². The fourth-order valence-electron chi connectivity index (χ4n) is 4.36. The summed E-state index contributed by atoms with van der Waals surface area (Å²) in [6.45, 7) is 0.721. The summed E-state index contributed by atoms with van der Waals surface area (Å²) in [6, 6.07) is 9.76. The topological polar surface area (TPSA) is 88.2 Å². The quantitative estimate of drug-likeness (QED) is 0.705. The fraction of sp³-hybridized carbons (Fsp3) is 0.667. The first kappa shape index (κ1) is 23.0. The SMILES string of the molecule is COC(=O)N1CC[C@H](NS(=O)(=O)N(C)C)[C@@H]1COC1CCC(c2ccccc2)CC1. The van der Waals surface area contributed by atoms with E-state index in [9.17, 15) is 13.2 Å². The smallest absolute Gasteiger partial charge is 0.409 e. The van der Waals surface area contributed by atoms with Gasteiger partial charge in [-0.05, 0) is 43.6 Å². The average Bonchev–Trinajstić information content (AvgIpc) is 3.14. The van der Waals surface area contributed by atoms with Gasteiger partial charge in [0.2, 0.25) is 0 Å². The van der Waals surface area contributed by atoms with Gasteiger partial charge in [0.05, 0.1) is 25.9 Å². The molecule has 168 valence electrons. The van der Waals surface area contributed by atoms with Crippen LogP contribution in [-0.4, -0.2) is 76.3 Å². The van der Waals surface area contributed by atoms with Gasteiger partial charge in [0, 0.05) is 26.7 Å². The lowest BCUT2D eigenvalue weighted by Crippen LogP contribution is -2.51. The summed E-state index contributed by atoms with van der Waals surface area (Å²) in [5, 5.41) is 0. The van der Waals surface area contributed by atoms with Crippen LogP contribution >= 0.6 is 0 Å². The van der Waals surface area contributed by atoms with E-state index in [0.717, 1.165) is 30.0 Å². The van der Waals surface area contributed by atoms with Gasteiger partial charge in [-0.25, -0.2) is 4.79 Å². The van der Waals surface area contributed by atoms with E-state index in [2.05, 4.69) is 29.0 Å². The minimum atomic E-state index is -3.60. The molecule has 0 radical (unpaired) electrons. The largest absolute Gasteiger partial charge is 0.453 e. The van der Waals surface area contributed by atoms with Gasteiger partial charge in [-0.15, -0.1) is 0 Å². The molecule has 2 aliphatic rings. The zero-order valence-corrected chi connectivity index (χ0v) is 18.8. The Hall–Kier alpha value is -1.68. The molecule has 1 heterocycles. The number of carbonyl (C=O) groups is 1. The van der Waals surface area contributed by atoms with E-state index in [1.807, 2.05) is 6.07 Å². The summed E-state index contributed by atoms with van der Waals surface area (Å²) in [7, 11) is 0.690. The van der Waals surface area contributed by atoms with Gasteiger partial charge >= 0.3 is 6.09 Å². The predicted molar refractivity (Wildman–Crippen MR) is 114 cm³/mol. The Kier molecular flexibility index (Phi) is 7.73. The Labute approximate surface area is 179 Å². The second kappa shape index (κ2) is 10.1. The van der Waals surface area contributed by atoms with Crippen molar-refractivity contribution in [1.29, 1.82) is 0 Å². The molecule has 1 saturated carbocycles. The minimum Gasteiger partial charge on any atom is -0.453 e. The normalized spacial score (nSPS) is 27.4. The Morgan fingerprint density at radius 2 is 1.80 bits per heavy atom.